The van der Waals surface area contributed by atoms with E-state index < -0.39 is 5.60 Å². The van der Waals surface area contributed by atoms with Crippen LogP contribution in [0.25, 0.3) is 10.6 Å². The second-order valence-corrected chi connectivity index (χ2v) is 9.74. The number of aromatic nitrogens is 2. The smallest absolute Gasteiger partial charge is 0.410 e. The molecule has 0 spiro atoms. The maximum atomic E-state index is 12.3. The lowest BCUT2D eigenvalue weighted by molar-refractivity contribution is 0.0141. The van der Waals surface area contributed by atoms with E-state index in [1.54, 1.807) is 17.5 Å². The number of amides is 1. The van der Waals surface area contributed by atoms with E-state index in [1.807, 2.05) is 31.7 Å². The summed E-state index contributed by atoms with van der Waals surface area (Å²) in [6, 6.07) is 6.61. The van der Waals surface area contributed by atoms with Crippen LogP contribution in [-0.4, -0.2) is 57.1 Å². The predicted octanol–water partition coefficient (Wildman–Crippen LogP) is 5.08. The highest BCUT2D eigenvalue weighted by atomic mass is 35.5. The lowest BCUT2D eigenvalue weighted by Gasteiger charge is -2.38. The Morgan fingerprint density at radius 3 is 2.66 bits per heavy atom. The molecule has 1 fully saturated rings. The highest BCUT2D eigenvalue weighted by Crippen LogP contribution is 2.29. The Morgan fingerprint density at radius 1 is 1.31 bits per heavy atom. The summed E-state index contributed by atoms with van der Waals surface area (Å²) >= 11 is 7.66. The van der Waals surface area contributed by atoms with Gasteiger partial charge in [0.1, 0.15) is 5.60 Å². The van der Waals surface area contributed by atoms with Gasteiger partial charge in [-0.2, -0.15) is 0 Å². The first-order chi connectivity index (χ1) is 13.7. The van der Waals surface area contributed by atoms with Gasteiger partial charge in [-0.05, 0) is 70.0 Å². The Morgan fingerprint density at radius 2 is 2.03 bits per heavy atom. The third kappa shape index (κ3) is 6.14. The molecule has 0 saturated carbocycles. The number of ether oxygens (including phenoxy) is 1. The highest BCUT2D eigenvalue weighted by Gasteiger charge is 2.29. The largest absolute Gasteiger partial charge is 0.444 e. The van der Waals surface area contributed by atoms with Gasteiger partial charge < -0.3 is 9.64 Å². The van der Waals surface area contributed by atoms with Crippen molar-refractivity contribution in [3.05, 3.63) is 34.6 Å². The van der Waals surface area contributed by atoms with E-state index in [9.17, 15) is 4.79 Å². The highest BCUT2D eigenvalue weighted by molar-refractivity contribution is 7.15. The van der Waals surface area contributed by atoms with Crippen LogP contribution in [0, 0.1) is 0 Å². The number of piperidine rings is 1. The van der Waals surface area contributed by atoms with Crippen molar-refractivity contribution in [1.29, 1.82) is 0 Å². The molecule has 1 aliphatic rings. The number of halogens is 1. The molecular weight excluding hydrogens is 408 g/mol. The molecule has 3 rings (SSSR count). The van der Waals surface area contributed by atoms with Gasteiger partial charge in [-0.3, -0.25) is 4.90 Å². The van der Waals surface area contributed by atoms with Gasteiger partial charge in [0.15, 0.2) is 0 Å². The molecule has 0 bridgehead atoms. The van der Waals surface area contributed by atoms with E-state index in [1.165, 1.54) is 4.88 Å². The topological polar surface area (TPSA) is 58.6 Å². The summed E-state index contributed by atoms with van der Waals surface area (Å²) in [5.74, 6) is 0. The van der Waals surface area contributed by atoms with Crippen molar-refractivity contribution >= 4 is 29.0 Å². The number of thiophene rings is 1. The average Bonchev–Trinajstić information content (AvgIpc) is 3.14. The first-order valence-corrected chi connectivity index (χ1v) is 11.2. The minimum Gasteiger partial charge on any atom is -0.444 e. The third-order valence-electron chi connectivity index (χ3n) is 4.94. The molecule has 1 saturated heterocycles. The maximum absolute atomic E-state index is 12.3. The van der Waals surface area contributed by atoms with E-state index in [4.69, 9.17) is 16.3 Å². The van der Waals surface area contributed by atoms with Gasteiger partial charge in [-0.1, -0.05) is 6.92 Å². The Balaban J connectivity index is 1.57. The first kappa shape index (κ1) is 22.0. The zero-order chi connectivity index (χ0) is 21.0. The molecule has 1 aliphatic heterocycles. The molecule has 0 aromatic carbocycles. The van der Waals surface area contributed by atoms with Crippen molar-refractivity contribution in [2.24, 2.45) is 0 Å². The summed E-state index contributed by atoms with van der Waals surface area (Å²) in [5, 5.41) is 0.268. The van der Waals surface area contributed by atoms with Gasteiger partial charge in [0.2, 0.25) is 5.28 Å². The fourth-order valence-electron chi connectivity index (χ4n) is 3.51. The minimum absolute atomic E-state index is 0.203. The molecule has 6 nitrogen and oxygen atoms in total. The predicted molar refractivity (Wildman–Crippen MR) is 117 cm³/mol. The Bertz CT molecular complexity index is 828. The zero-order valence-corrected chi connectivity index (χ0v) is 19.1. The molecule has 8 heteroatoms. The quantitative estimate of drug-likeness (QED) is 0.611. The Hall–Kier alpha value is -1.70. The second kappa shape index (κ2) is 9.41. The standard InChI is InChI=1S/C21H29ClN4O2S/c1-5-25(15-9-12-26(13-10-15)20(27)28-21(2,3)4)14-16-6-7-18(29-16)17-8-11-23-19(22)24-17/h6-8,11,15H,5,9-10,12-14H2,1-4H3. The third-order valence-corrected chi connectivity index (χ3v) is 6.21. The number of hydrogen-bond donors (Lipinski definition) is 0. The molecule has 29 heavy (non-hydrogen) atoms. The second-order valence-electron chi connectivity index (χ2n) is 8.24. The fourth-order valence-corrected chi connectivity index (χ4v) is 4.66. The molecule has 1 amide bonds. The van der Waals surface area contributed by atoms with Crippen LogP contribution in [0.1, 0.15) is 45.4 Å². The lowest BCUT2D eigenvalue weighted by atomic mass is 10.0. The molecule has 2 aromatic heterocycles. The van der Waals surface area contributed by atoms with Gasteiger partial charge >= 0.3 is 6.09 Å². The molecule has 0 N–H and O–H groups in total. The summed E-state index contributed by atoms with van der Waals surface area (Å²) in [7, 11) is 0. The van der Waals surface area contributed by atoms with Crippen molar-refractivity contribution in [2.45, 2.75) is 58.7 Å². The van der Waals surface area contributed by atoms with Crippen molar-refractivity contribution in [3.63, 3.8) is 0 Å². The van der Waals surface area contributed by atoms with Crippen LogP contribution >= 0.6 is 22.9 Å². The molecule has 158 valence electrons. The Kier molecular flexibility index (Phi) is 7.14. The lowest BCUT2D eigenvalue weighted by Crippen LogP contribution is -2.47. The van der Waals surface area contributed by atoms with E-state index in [0.29, 0.717) is 6.04 Å². The van der Waals surface area contributed by atoms with Crippen molar-refractivity contribution < 1.29 is 9.53 Å². The summed E-state index contributed by atoms with van der Waals surface area (Å²) in [4.78, 5) is 27.2. The van der Waals surface area contributed by atoms with Crippen LogP contribution in [0.4, 0.5) is 4.79 Å². The fraction of sp³-hybridized carbons (Fsp3) is 0.571. The van der Waals surface area contributed by atoms with Gasteiger partial charge in [-0.15, -0.1) is 11.3 Å². The molecule has 0 atom stereocenters. The van der Waals surface area contributed by atoms with E-state index in [-0.39, 0.29) is 11.4 Å². The van der Waals surface area contributed by atoms with Crippen LogP contribution in [0.5, 0.6) is 0 Å². The monoisotopic (exact) mass is 436 g/mol. The number of likely N-dealkylation sites (tertiary alicyclic amines) is 1. The molecule has 0 radical (unpaired) electrons. The van der Waals surface area contributed by atoms with E-state index in [2.05, 4.69) is 33.9 Å². The zero-order valence-electron chi connectivity index (χ0n) is 17.5. The SMILES string of the molecule is CCN(Cc1ccc(-c2ccnc(Cl)n2)s1)C1CCN(C(=O)OC(C)(C)C)CC1. The summed E-state index contributed by atoms with van der Waals surface area (Å²) in [5.41, 5.74) is 0.406. The van der Waals surface area contributed by atoms with Crippen molar-refractivity contribution in [3.8, 4) is 10.6 Å². The van der Waals surface area contributed by atoms with Crippen molar-refractivity contribution in [2.75, 3.05) is 19.6 Å². The number of rotatable bonds is 5. The molecule has 3 heterocycles. The molecule has 2 aromatic rings. The molecule has 0 unspecified atom stereocenters. The number of carbonyl (C=O) groups is 1. The summed E-state index contributed by atoms with van der Waals surface area (Å²) in [6.45, 7) is 11.3. The molecule has 0 aliphatic carbocycles. The number of nitrogens with zero attached hydrogens (tertiary/aromatic N) is 4. The first-order valence-electron chi connectivity index (χ1n) is 10.0. The number of hydrogen-bond acceptors (Lipinski definition) is 6. The van der Waals surface area contributed by atoms with Gasteiger partial charge in [0.05, 0.1) is 10.6 Å². The van der Waals surface area contributed by atoms with Crippen molar-refractivity contribution in [1.82, 2.24) is 19.8 Å². The Labute approximate surface area is 181 Å². The van der Waals surface area contributed by atoms with Crippen LogP contribution in [0.15, 0.2) is 24.4 Å². The summed E-state index contributed by atoms with van der Waals surface area (Å²) < 4.78 is 5.50. The number of carbonyl (C=O) groups excluding carboxylic acids is 1. The normalized spacial score (nSPS) is 15.7. The average molecular weight is 437 g/mol. The van der Waals surface area contributed by atoms with Gasteiger partial charge in [0, 0.05) is 36.8 Å². The van der Waals surface area contributed by atoms with Crippen LogP contribution in [0.2, 0.25) is 5.28 Å². The van der Waals surface area contributed by atoms with Crippen LogP contribution < -0.4 is 0 Å². The maximum Gasteiger partial charge on any atom is 0.410 e. The van der Waals surface area contributed by atoms with Gasteiger partial charge in [-0.25, -0.2) is 14.8 Å². The van der Waals surface area contributed by atoms with E-state index >= 15 is 0 Å². The minimum atomic E-state index is -0.450. The van der Waals surface area contributed by atoms with Gasteiger partial charge in [0.25, 0.3) is 0 Å². The van der Waals surface area contributed by atoms with Crippen LogP contribution in [-0.2, 0) is 11.3 Å². The molecular formula is C21H29ClN4O2S. The summed E-state index contributed by atoms with van der Waals surface area (Å²) in [6.07, 6.45) is 3.41. The van der Waals surface area contributed by atoms with E-state index in [0.717, 1.165) is 49.6 Å². The van der Waals surface area contributed by atoms with Crippen LogP contribution in [0.3, 0.4) is 0 Å².